The van der Waals surface area contributed by atoms with Crippen LogP contribution in [0.3, 0.4) is 0 Å². The van der Waals surface area contributed by atoms with Crippen molar-refractivity contribution in [2.75, 3.05) is 13.2 Å². The highest BCUT2D eigenvalue weighted by Crippen LogP contribution is 2.23. The van der Waals surface area contributed by atoms with Gasteiger partial charge in [-0.05, 0) is 38.5 Å². The lowest BCUT2D eigenvalue weighted by Gasteiger charge is -2.19. The zero-order valence-electron chi connectivity index (χ0n) is 17.0. The number of esters is 2. The molecule has 0 bridgehead atoms. The van der Waals surface area contributed by atoms with Crippen molar-refractivity contribution in [1.82, 2.24) is 0 Å². The fourth-order valence-corrected chi connectivity index (χ4v) is 3.07. The van der Waals surface area contributed by atoms with Crippen molar-refractivity contribution < 1.29 is 19.1 Å². The fraction of sp³-hybridized carbons (Fsp3) is 0.905. The predicted octanol–water partition coefficient (Wildman–Crippen LogP) is 5.68. The number of carbonyl (C=O) groups is 2. The monoisotopic (exact) mass is 356 g/mol. The minimum Gasteiger partial charge on any atom is -0.466 e. The Bertz CT molecular complexity index is 339. The maximum absolute atomic E-state index is 11.6. The Labute approximate surface area is 155 Å². The van der Waals surface area contributed by atoms with Gasteiger partial charge in [-0.25, -0.2) is 0 Å². The van der Waals surface area contributed by atoms with Gasteiger partial charge in [-0.1, -0.05) is 58.8 Å². The normalized spacial score (nSPS) is 12.2. The number of ether oxygens (including phenoxy) is 2. The summed E-state index contributed by atoms with van der Waals surface area (Å²) in [5.74, 6) is 0.861. The molecule has 0 rings (SSSR count). The van der Waals surface area contributed by atoms with Crippen molar-refractivity contribution in [3.8, 4) is 0 Å². The number of carbonyl (C=O) groups excluding carboxylic acids is 2. The van der Waals surface area contributed by atoms with E-state index in [1.807, 2.05) is 13.8 Å². The topological polar surface area (TPSA) is 52.6 Å². The fourth-order valence-electron chi connectivity index (χ4n) is 3.07. The molecule has 1 atom stereocenters. The Morgan fingerprint density at radius 1 is 0.720 bits per heavy atom. The smallest absolute Gasteiger partial charge is 0.306 e. The molecule has 148 valence electrons. The molecule has 0 aliphatic heterocycles. The molecule has 25 heavy (non-hydrogen) atoms. The van der Waals surface area contributed by atoms with Gasteiger partial charge in [0.05, 0.1) is 13.2 Å². The molecule has 0 amide bonds. The zero-order chi connectivity index (χ0) is 18.9. The number of unbranched alkanes of at least 4 members (excludes halogenated alkanes) is 7. The number of hydrogen-bond acceptors (Lipinski definition) is 4. The minimum atomic E-state index is -0.0648. The highest BCUT2D eigenvalue weighted by Gasteiger charge is 2.17. The van der Waals surface area contributed by atoms with Crippen molar-refractivity contribution >= 4 is 11.9 Å². The molecule has 0 aromatic rings. The van der Waals surface area contributed by atoms with E-state index in [1.165, 1.54) is 38.5 Å². The molecular formula is C21H40O4. The molecule has 4 heteroatoms. The molecule has 0 aliphatic carbocycles. The van der Waals surface area contributed by atoms with E-state index in [9.17, 15) is 9.59 Å². The molecule has 0 saturated heterocycles. The summed E-state index contributed by atoms with van der Waals surface area (Å²) in [5, 5.41) is 0. The van der Waals surface area contributed by atoms with Gasteiger partial charge in [0.25, 0.3) is 0 Å². The summed E-state index contributed by atoms with van der Waals surface area (Å²) in [4.78, 5) is 22.9. The first-order valence-corrected chi connectivity index (χ1v) is 10.3. The highest BCUT2D eigenvalue weighted by molar-refractivity contribution is 5.69. The summed E-state index contributed by atoms with van der Waals surface area (Å²) in [6.45, 7) is 9.05. The highest BCUT2D eigenvalue weighted by atomic mass is 16.5. The maximum Gasteiger partial charge on any atom is 0.306 e. The van der Waals surface area contributed by atoms with Crippen LogP contribution in [0.4, 0.5) is 0 Å². The lowest BCUT2D eigenvalue weighted by Crippen LogP contribution is -2.16. The summed E-state index contributed by atoms with van der Waals surface area (Å²) < 4.78 is 9.99. The van der Waals surface area contributed by atoms with Crippen LogP contribution in [-0.2, 0) is 19.1 Å². The zero-order valence-corrected chi connectivity index (χ0v) is 17.0. The van der Waals surface area contributed by atoms with Crippen LogP contribution in [0.1, 0.15) is 98.3 Å². The van der Waals surface area contributed by atoms with E-state index in [1.54, 1.807) is 0 Å². The van der Waals surface area contributed by atoms with Crippen LogP contribution in [0.15, 0.2) is 0 Å². The Balaban J connectivity index is 3.54. The Morgan fingerprint density at radius 3 is 1.72 bits per heavy atom. The van der Waals surface area contributed by atoms with Crippen molar-refractivity contribution in [1.29, 1.82) is 0 Å². The van der Waals surface area contributed by atoms with Crippen molar-refractivity contribution in [3.63, 3.8) is 0 Å². The van der Waals surface area contributed by atoms with Crippen LogP contribution >= 0.6 is 0 Å². The van der Waals surface area contributed by atoms with E-state index < -0.39 is 0 Å². The second-order valence-corrected chi connectivity index (χ2v) is 7.19. The van der Waals surface area contributed by atoms with E-state index in [4.69, 9.17) is 9.47 Å². The predicted molar refractivity (Wildman–Crippen MR) is 102 cm³/mol. The van der Waals surface area contributed by atoms with Gasteiger partial charge in [0.1, 0.15) is 0 Å². The van der Waals surface area contributed by atoms with E-state index in [0.717, 1.165) is 19.3 Å². The maximum atomic E-state index is 11.6. The van der Waals surface area contributed by atoms with Gasteiger partial charge >= 0.3 is 11.9 Å². The Kier molecular flexibility index (Phi) is 15.7. The van der Waals surface area contributed by atoms with E-state index in [-0.39, 0.29) is 11.9 Å². The molecule has 0 aliphatic rings. The summed E-state index contributed by atoms with van der Waals surface area (Å²) >= 11 is 0. The molecule has 0 spiro atoms. The van der Waals surface area contributed by atoms with Crippen molar-refractivity contribution in [2.45, 2.75) is 98.3 Å². The largest absolute Gasteiger partial charge is 0.466 e. The molecule has 4 nitrogen and oxygen atoms in total. The summed E-state index contributed by atoms with van der Waals surface area (Å²) in [5.41, 5.74) is 0. The third kappa shape index (κ3) is 14.9. The van der Waals surface area contributed by atoms with E-state index in [2.05, 4.69) is 13.8 Å². The van der Waals surface area contributed by atoms with Gasteiger partial charge in [-0.2, -0.15) is 0 Å². The van der Waals surface area contributed by atoms with Crippen LogP contribution in [0, 0.1) is 11.8 Å². The average Bonchev–Trinajstić information content (AvgIpc) is 2.55. The van der Waals surface area contributed by atoms with Gasteiger partial charge in [0.2, 0.25) is 0 Å². The minimum absolute atomic E-state index is 0.0518. The first kappa shape index (κ1) is 23.9. The van der Waals surface area contributed by atoms with Crippen LogP contribution in [0.5, 0.6) is 0 Å². The Hall–Kier alpha value is -1.06. The number of hydrogen-bond donors (Lipinski definition) is 0. The molecular weight excluding hydrogens is 316 g/mol. The van der Waals surface area contributed by atoms with Gasteiger partial charge in [-0.3, -0.25) is 9.59 Å². The van der Waals surface area contributed by atoms with Crippen LogP contribution < -0.4 is 0 Å². The molecule has 0 radical (unpaired) electrons. The SMILES string of the molecule is CCOC(=O)CCCCCCCCCCC(CC(=O)OCC)C(C)C. The molecule has 0 aromatic heterocycles. The third-order valence-electron chi connectivity index (χ3n) is 4.69. The second kappa shape index (κ2) is 16.4. The Morgan fingerprint density at radius 2 is 1.20 bits per heavy atom. The molecule has 1 unspecified atom stereocenters. The summed E-state index contributed by atoms with van der Waals surface area (Å²) in [7, 11) is 0. The third-order valence-corrected chi connectivity index (χ3v) is 4.69. The first-order chi connectivity index (χ1) is 12.0. The van der Waals surface area contributed by atoms with Crippen LogP contribution in [-0.4, -0.2) is 25.2 Å². The molecule has 0 aromatic carbocycles. The van der Waals surface area contributed by atoms with Crippen LogP contribution in [0.2, 0.25) is 0 Å². The molecule has 0 heterocycles. The van der Waals surface area contributed by atoms with Gasteiger partial charge < -0.3 is 9.47 Å². The van der Waals surface area contributed by atoms with Gasteiger partial charge in [0.15, 0.2) is 0 Å². The van der Waals surface area contributed by atoms with Crippen molar-refractivity contribution in [2.24, 2.45) is 11.8 Å². The van der Waals surface area contributed by atoms with Crippen molar-refractivity contribution in [3.05, 3.63) is 0 Å². The lowest BCUT2D eigenvalue weighted by atomic mass is 9.87. The van der Waals surface area contributed by atoms with Gasteiger partial charge in [0, 0.05) is 12.8 Å². The summed E-state index contributed by atoms with van der Waals surface area (Å²) in [6.07, 6.45) is 11.7. The number of rotatable bonds is 16. The molecule has 0 fully saturated rings. The quantitative estimate of drug-likeness (QED) is 0.264. The molecule has 0 N–H and O–H groups in total. The van der Waals surface area contributed by atoms with E-state index in [0.29, 0.717) is 37.9 Å². The van der Waals surface area contributed by atoms with E-state index >= 15 is 0 Å². The standard InChI is InChI=1S/C21H40O4/c1-5-24-20(22)16-14-12-10-8-7-9-11-13-15-19(18(3)4)17-21(23)25-6-2/h18-19H,5-17H2,1-4H3. The summed E-state index contributed by atoms with van der Waals surface area (Å²) in [6, 6.07) is 0. The second-order valence-electron chi connectivity index (χ2n) is 7.19. The average molecular weight is 357 g/mol. The lowest BCUT2D eigenvalue weighted by molar-refractivity contribution is -0.145. The first-order valence-electron chi connectivity index (χ1n) is 10.3. The molecule has 0 saturated carbocycles. The van der Waals surface area contributed by atoms with Gasteiger partial charge in [-0.15, -0.1) is 0 Å². The van der Waals surface area contributed by atoms with Crippen LogP contribution in [0.25, 0.3) is 0 Å².